The quantitative estimate of drug-likeness (QED) is 0.539. The Morgan fingerprint density at radius 3 is 2.24 bits per heavy atom. The minimum Gasteiger partial charge on any atom is -0.205 e. The van der Waals surface area contributed by atoms with Gasteiger partial charge in [-0.1, -0.05) is 44.0 Å². The fourth-order valence-corrected chi connectivity index (χ4v) is 5.47. The average molecular weight is 394 g/mol. The minimum atomic E-state index is -0.738. The molecule has 0 radical (unpaired) electrons. The summed E-state index contributed by atoms with van der Waals surface area (Å²) in [6.45, 7) is 2.28. The van der Waals surface area contributed by atoms with E-state index >= 15 is 0 Å². The summed E-state index contributed by atoms with van der Waals surface area (Å²) >= 11 is 0. The number of hydrogen-bond donors (Lipinski definition) is 0. The lowest BCUT2D eigenvalue weighted by Crippen LogP contribution is -2.16. The summed E-state index contributed by atoms with van der Waals surface area (Å²) < 4.78 is 28.5. The van der Waals surface area contributed by atoms with Gasteiger partial charge in [0.1, 0.15) is 23.3 Å². The van der Waals surface area contributed by atoms with Crippen molar-refractivity contribution in [2.45, 2.75) is 76.5 Å². The highest BCUT2D eigenvalue weighted by molar-refractivity contribution is 5.44. The third-order valence-corrected chi connectivity index (χ3v) is 7.16. The maximum atomic E-state index is 14.4. The SMILES string of the molecule is CCCC1CCC(c2ccc(C3CCc4c(cc(F)c(C#N)c4F)C3)cc2)CC1. The maximum absolute atomic E-state index is 14.4. The van der Waals surface area contributed by atoms with Gasteiger partial charge in [-0.3, -0.25) is 0 Å². The van der Waals surface area contributed by atoms with Crippen LogP contribution < -0.4 is 0 Å². The van der Waals surface area contributed by atoms with Crippen molar-refractivity contribution in [3.8, 4) is 6.07 Å². The van der Waals surface area contributed by atoms with Crippen LogP contribution in [0.3, 0.4) is 0 Å². The van der Waals surface area contributed by atoms with E-state index in [1.807, 2.05) is 0 Å². The van der Waals surface area contributed by atoms with Crippen molar-refractivity contribution >= 4 is 0 Å². The molecule has 29 heavy (non-hydrogen) atoms. The van der Waals surface area contributed by atoms with Crippen LogP contribution in [0, 0.1) is 28.9 Å². The predicted octanol–water partition coefficient (Wildman–Crippen LogP) is 7.18. The van der Waals surface area contributed by atoms with Crippen molar-refractivity contribution in [1.82, 2.24) is 0 Å². The Morgan fingerprint density at radius 2 is 1.62 bits per heavy atom. The second-order valence-electron chi connectivity index (χ2n) is 8.91. The fraction of sp³-hybridized carbons (Fsp3) is 0.500. The Hall–Kier alpha value is -2.21. The number of fused-ring (bicyclic) bond motifs is 1. The summed E-state index contributed by atoms with van der Waals surface area (Å²) in [6.07, 6.45) is 9.97. The molecule has 152 valence electrons. The highest BCUT2D eigenvalue weighted by atomic mass is 19.1. The molecule has 1 nitrogen and oxygen atoms in total. The molecule has 0 aromatic heterocycles. The first-order valence-electron chi connectivity index (χ1n) is 11.1. The topological polar surface area (TPSA) is 23.8 Å². The van der Waals surface area contributed by atoms with Gasteiger partial charge < -0.3 is 0 Å². The number of rotatable bonds is 4. The van der Waals surface area contributed by atoms with Gasteiger partial charge in [-0.15, -0.1) is 0 Å². The largest absolute Gasteiger partial charge is 0.205 e. The van der Waals surface area contributed by atoms with E-state index in [9.17, 15) is 8.78 Å². The van der Waals surface area contributed by atoms with Crippen molar-refractivity contribution < 1.29 is 8.78 Å². The van der Waals surface area contributed by atoms with Gasteiger partial charge in [-0.2, -0.15) is 5.26 Å². The minimum absolute atomic E-state index is 0.281. The van der Waals surface area contributed by atoms with Crippen molar-refractivity contribution in [2.24, 2.45) is 5.92 Å². The van der Waals surface area contributed by atoms with Crippen LogP contribution in [-0.2, 0) is 12.8 Å². The van der Waals surface area contributed by atoms with Gasteiger partial charge in [-0.25, -0.2) is 8.78 Å². The van der Waals surface area contributed by atoms with Crippen LogP contribution in [0.2, 0.25) is 0 Å². The zero-order valence-corrected chi connectivity index (χ0v) is 17.2. The van der Waals surface area contributed by atoms with Crippen LogP contribution in [-0.4, -0.2) is 0 Å². The first-order chi connectivity index (χ1) is 14.1. The Bertz CT molecular complexity index is 902. The molecule has 1 unspecified atom stereocenters. The van der Waals surface area contributed by atoms with Crippen molar-refractivity contribution in [2.75, 3.05) is 0 Å². The molecular weight excluding hydrogens is 364 g/mol. The lowest BCUT2D eigenvalue weighted by atomic mass is 9.76. The molecule has 0 spiro atoms. The Kier molecular flexibility index (Phi) is 5.99. The van der Waals surface area contributed by atoms with Crippen LogP contribution in [0.5, 0.6) is 0 Å². The van der Waals surface area contributed by atoms with E-state index < -0.39 is 17.2 Å². The molecule has 1 atom stereocenters. The summed E-state index contributed by atoms with van der Waals surface area (Å²) in [6, 6.07) is 12.0. The molecular formula is C26H29F2N. The first-order valence-corrected chi connectivity index (χ1v) is 11.1. The molecule has 0 saturated heterocycles. The lowest BCUT2D eigenvalue weighted by molar-refractivity contribution is 0.308. The van der Waals surface area contributed by atoms with Gasteiger partial charge in [0.05, 0.1) is 0 Å². The van der Waals surface area contributed by atoms with E-state index in [0.29, 0.717) is 29.9 Å². The summed E-state index contributed by atoms with van der Waals surface area (Å²) in [5.41, 5.74) is 3.49. The Morgan fingerprint density at radius 1 is 0.966 bits per heavy atom. The molecule has 4 rings (SSSR count). The van der Waals surface area contributed by atoms with E-state index in [4.69, 9.17) is 5.26 Å². The normalized spacial score (nSPS) is 24.0. The van der Waals surface area contributed by atoms with Crippen molar-refractivity contribution in [3.05, 3.63) is 69.8 Å². The number of benzene rings is 2. The van der Waals surface area contributed by atoms with Gasteiger partial charge in [-0.05, 0) is 91.0 Å². The summed E-state index contributed by atoms with van der Waals surface area (Å²) in [7, 11) is 0. The monoisotopic (exact) mass is 393 g/mol. The molecule has 2 aliphatic carbocycles. The van der Waals surface area contributed by atoms with Gasteiger partial charge in [0, 0.05) is 0 Å². The average Bonchev–Trinajstić information content (AvgIpc) is 2.74. The molecule has 0 aliphatic heterocycles. The summed E-state index contributed by atoms with van der Waals surface area (Å²) in [4.78, 5) is 0. The number of nitriles is 1. The second-order valence-corrected chi connectivity index (χ2v) is 8.91. The molecule has 0 N–H and O–H groups in total. The van der Waals surface area contributed by atoms with E-state index in [2.05, 4.69) is 31.2 Å². The molecule has 0 bridgehead atoms. The number of nitrogens with zero attached hydrogens (tertiary/aromatic N) is 1. The predicted molar refractivity (Wildman–Crippen MR) is 112 cm³/mol. The third kappa shape index (κ3) is 4.08. The number of halogens is 2. The molecule has 0 heterocycles. The van der Waals surface area contributed by atoms with E-state index in [0.717, 1.165) is 12.3 Å². The molecule has 0 amide bonds. The molecule has 1 saturated carbocycles. The molecule has 2 aromatic carbocycles. The van der Waals surface area contributed by atoms with Crippen molar-refractivity contribution in [3.63, 3.8) is 0 Å². The standard InChI is InChI=1S/C26H29F2N/c1-2-3-17-4-6-18(7-5-17)19-8-10-20(11-9-19)21-12-13-23-22(14-21)15-25(27)24(16-29)26(23)28/h8-11,15,17-18,21H,2-7,12-14H2,1H3. The van der Waals surface area contributed by atoms with Gasteiger partial charge >= 0.3 is 0 Å². The van der Waals surface area contributed by atoms with E-state index in [1.54, 1.807) is 6.07 Å². The zero-order chi connectivity index (χ0) is 20.4. The summed E-state index contributed by atoms with van der Waals surface area (Å²) in [5, 5.41) is 8.98. The maximum Gasteiger partial charge on any atom is 0.147 e. The van der Waals surface area contributed by atoms with E-state index in [-0.39, 0.29) is 5.92 Å². The Balaban J connectivity index is 1.45. The zero-order valence-electron chi connectivity index (χ0n) is 17.2. The second kappa shape index (κ2) is 8.66. The highest BCUT2D eigenvalue weighted by Crippen LogP contribution is 2.39. The Labute approximate surface area is 172 Å². The molecule has 1 fully saturated rings. The molecule has 2 aliphatic rings. The first kappa shape index (κ1) is 20.1. The lowest BCUT2D eigenvalue weighted by Gasteiger charge is -2.29. The molecule has 3 heteroatoms. The number of hydrogen-bond acceptors (Lipinski definition) is 1. The van der Waals surface area contributed by atoms with Crippen LogP contribution in [0.25, 0.3) is 0 Å². The van der Waals surface area contributed by atoms with Crippen LogP contribution in [0.4, 0.5) is 8.78 Å². The third-order valence-electron chi connectivity index (χ3n) is 7.16. The van der Waals surface area contributed by atoms with Gasteiger partial charge in [0.2, 0.25) is 0 Å². The van der Waals surface area contributed by atoms with Crippen molar-refractivity contribution in [1.29, 1.82) is 5.26 Å². The molecule has 2 aromatic rings. The van der Waals surface area contributed by atoms with Crippen LogP contribution >= 0.6 is 0 Å². The van der Waals surface area contributed by atoms with Crippen LogP contribution in [0.1, 0.15) is 91.5 Å². The van der Waals surface area contributed by atoms with Crippen LogP contribution in [0.15, 0.2) is 30.3 Å². The highest BCUT2D eigenvalue weighted by Gasteiger charge is 2.27. The smallest absolute Gasteiger partial charge is 0.147 e. The summed E-state index contributed by atoms with van der Waals surface area (Å²) in [5.74, 6) is 0.481. The van der Waals surface area contributed by atoms with Gasteiger partial charge in [0.15, 0.2) is 0 Å². The van der Waals surface area contributed by atoms with E-state index in [1.165, 1.54) is 55.7 Å². The van der Waals surface area contributed by atoms with Gasteiger partial charge in [0.25, 0.3) is 0 Å². The fourth-order valence-electron chi connectivity index (χ4n) is 5.47.